The van der Waals surface area contributed by atoms with Gasteiger partial charge in [-0.25, -0.2) is 8.78 Å². The number of rotatable bonds is 2. The maximum Gasteiger partial charge on any atom is 0.261 e. The van der Waals surface area contributed by atoms with Crippen molar-refractivity contribution in [3.8, 4) is 5.75 Å². The Morgan fingerprint density at radius 2 is 1.60 bits per heavy atom. The number of para-hydroxylation sites is 1. The summed E-state index contributed by atoms with van der Waals surface area (Å²) in [5.74, 6) is -4.11. The number of amides is 2. The molecule has 0 aliphatic rings. The quantitative estimate of drug-likeness (QED) is 0.827. The predicted molar refractivity (Wildman–Crippen MR) is 66.3 cm³/mol. The van der Waals surface area contributed by atoms with Gasteiger partial charge in [0, 0.05) is 6.07 Å². The van der Waals surface area contributed by atoms with Crippen molar-refractivity contribution in [2.24, 2.45) is 0 Å². The van der Waals surface area contributed by atoms with E-state index in [4.69, 9.17) is 0 Å². The van der Waals surface area contributed by atoms with Crippen LogP contribution in [0.3, 0.4) is 0 Å². The van der Waals surface area contributed by atoms with E-state index in [1.54, 1.807) is 0 Å². The Balaban J connectivity index is 2.20. The molecule has 0 unspecified atom stereocenters. The van der Waals surface area contributed by atoms with E-state index in [0.29, 0.717) is 6.07 Å². The lowest BCUT2D eigenvalue weighted by molar-refractivity contribution is 0.0846. The average molecular weight is 277 g/mol. The summed E-state index contributed by atoms with van der Waals surface area (Å²) in [5.41, 5.74) is -0.585. The Hall–Kier alpha value is -2.76. The zero-order valence-electron chi connectivity index (χ0n) is 10.1. The first-order valence-corrected chi connectivity index (χ1v) is 5.58. The second-order valence-electron chi connectivity index (χ2n) is 3.92. The highest BCUT2D eigenvalue weighted by atomic mass is 19.1. The first-order valence-electron chi connectivity index (χ1n) is 5.58. The Labute approximate surface area is 112 Å². The molecule has 2 amide bonds. The summed E-state index contributed by atoms with van der Waals surface area (Å²) in [7, 11) is 0. The highest BCUT2D eigenvalue weighted by Crippen LogP contribution is 2.16. The van der Waals surface area contributed by atoms with Crippen molar-refractivity contribution in [2.45, 2.75) is 0 Å². The molecule has 0 atom stereocenters. The summed E-state index contributed by atoms with van der Waals surface area (Å²) in [6, 6.07) is 7.96. The van der Waals surface area contributed by atoms with Gasteiger partial charge < -0.3 is 5.11 Å². The molecule has 2 N–H and O–H groups in total. The van der Waals surface area contributed by atoms with Gasteiger partial charge in [-0.1, -0.05) is 12.1 Å². The lowest BCUT2D eigenvalue weighted by atomic mass is 10.1. The summed E-state index contributed by atoms with van der Waals surface area (Å²) < 4.78 is 26.1. The molecule has 2 aromatic rings. The van der Waals surface area contributed by atoms with E-state index in [0.717, 1.165) is 12.1 Å². The molecule has 0 saturated heterocycles. The Kier molecular flexibility index (Phi) is 3.74. The standard InChI is InChI=1S/C14H9F2NO3/c15-8-5-6-9(11(16)7-8)13(19)17-14(20)10-3-1-2-4-12(10)18/h1-7,18H,(H,17,19,20). The number of halogens is 2. The second kappa shape index (κ2) is 5.48. The molecule has 0 aromatic heterocycles. The summed E-state index contributed by atoms with van der Waals surface area (Å²) in [6.07, 6.45) is 0. The third kappa shape index (κ3) is 2.80. The Morgan fingerprint density at radius 1 is 0.950 bits per heavy atom. The fourth-order valence-electron chi connectivity index (χ4n) is 1.58. The number of benzene rings is 2. The molecular weight excluding hydrogens is 268 g/mol. The van der Waals surface area contributed by atoms with Gasteiger partial charge in [0.2, 0.25) is 0 Å². The topological polar surface area (TPSA) is 66.4 Å². The second-order valence-corrected chi connectivity index (χ2v) is 3.92. The van der Waals surface area contributed by atoms with Crippen molar-refractivity contribution in [2.75, 3.05) is 0 Å². The summed E-state index contributed by atoms with van der Waals surface area (Å²) in [5, 5.41) is 11.4. The van der Waals surface area contributed by atoms with Crippen molar-refractivity contribution in [3.63, 3.8) is 0 Å². The predicted octanol–water partition coefficient (Wildman–Crippen LogP) is 2.24. The fraction of sp³-hybridized carbons (Fsp3) is 0. The molecule has 2 rings (SSSR count). The SMILES string of the molecule is O=C(NC(=O)c1ccc(F)cc1F)c1ccccc1O. The van der Waals surface area contributed by atoms with Gasteiger partial charge in [0.05, 0.1) is 11.1 Å². The van der Waals surface area contributed by atoms with Gasteiger partial charge >= 0.3 is 0 Å². The van der Waals surface area contributed by atoms with Crippen LogP contribution in [0.5, 0.6) is 5.75 Å². The first-order chi connectivity index (χ1) is 9.49. The van der Waals surface area contributed by atoms with E-state index >= 15 is 0 Å². The maximum atomic E-state index is 13.4. The van der Waals surface area contributed by atoms with Crippen molar-refractivity contribution in [1.82, 2.24) is 5.32 Å². The monoisotopic (exact) mass is 277 g/mol. The summed E-state index contributed by atoms with van der Waals surface area (Å²) >= 11 is 0. The third-order valence-corrected chi connectivity index (χ3v) is 2.55. The van der Waals surface area contributed by atoms with E-state index in [1.807, 2.05) is 5.32 Å². The van der Waals surface area contributed by atoms with Gasteiger partial charge in [0.15, 0.2) is 0 Å². The molecule has 0 saturated carbocycles. The molecule has 2 aromatic carbocycles. The molecule has 102 valence electrons. The van der Waals surface area contributed by atoms with Crippen LogP contribution in [-0.2, 0) is 0 Å². The third-order valence-electron chi connectivity index (χ3n) is 2.55. The molecule has 0 radical (unpaired) electrons. The van der Waals surface area contributed by atoms with E-state index in [9.17, 15) is 23.5 Å². The first kappa shape index (κ1) is 13.7. The van der Waals surface area contributed by atoms with Gasteiger partial charge in [-0.15, -0.1) is 0 Å². The normalized spacial score (nSPS) is 10.1. The number of nitrogens with one attached hydrogen (secondary N) is 1. The number of phenols is 1. The van der Waals surface area contributed by atoms with E-state index < -0.39 is 29.0 Å². The highest BCUT2D eigenvalue weighted by molar-refractivity contribution is 6.11. The molecular formula is C14H9F2NO3. The molecule has 0 fully saturated rings. The minimum atomic E-state index is -1.08. The van der Waals surface area contributed by atoms with Crippen LogP contribution in [0.1, 0.15) is 20.7 Å². The van der Waals surface area contributed by atoms with Gasteiger partial charge in [0.1, 0.15) is 17.4 Å². The zero-order valence-corrected chi connectivity index (χ0v) is 10.1. The van der Waals surface area contributed by atoms with Crippen LogP contribution in [0.25, 0.3) is 0 Å². The molecule has 0 aliphatic carbocycles. The lowest BCUT2D eigenvalue weighted by Crippen LogP contribution is -2.31. The number of imide groups is 1. The zero-order chi connectivity index (χ0) is 14.7. The van der Waals surface area contributed by atoms with E-state index in [1.165, 1.54) is 24.3 Å². The van der Waals surface area contributed by atoms with Crippen molar-refractivity contribution >= 4 is 11.8 Å². The number of aromatic hydroxyl groups is 1. The van der Waals surface area contributed by atoms with Crippen molar-refractivity contribution in [1.29, 1.82) is 0 Å². The van der Waals surface area contributed by atoms with Crippen molar-refractivity contribution in [3.05, 3.63) is 65.2 Å². The fourth-order valence-corrected chi connectivity index (χ4v) is 1.58. The molecule has 20 heavy (non-hydrogen) atoms. The van der Waals surface area contributed by atoms with Gasteiger partial charge in [0.25, 0.3) is 11.8 Å². The molecule has 0 spiro atoms. The minimum Gasteiger partial charge on any atom is -0.507 e. The number of carbonyl (C=O) groups is 2. The van der Waals surface area contributed by atoms with Gasteiger partial charge in [-0.3, -0.25) is 14.9 Å². The molecule has 0 heterocycles. The largest absolute Gasteiger partial charge is 0.507 e. The molecule has 4 nitrogen and oxygen atoms in total. The minimum absolute atomic E-state index is 0.122. The van der Waals surface area contributed by atoms with Crippen LogP contribution >= 0.6 is 0 Å². The van der Waals surface area contributed by atoms with Crippen molar-refractivity contribution < 1.29 is 23.5 Å². The molecule has 0 bridgehead atoms. The number of phenolic OH excluding ortho intramolecular Hbond substituents is 1. The van der Waals surface area contributed by atoms with Crippen LogP contribution in [-0.4, -0.2) is 16.9 Å². The van der Waals surface area contributed by atoms with Crippen LogP contribution in [0.15, 0.2) is 42.5 Å². The smallest absolute Gasteiger partial charge is 0.261 e. The van der Waals surface area contributed by atoms with E-state index in [2.05, 4.69) is 0 Å². The van der Waals surface area contributed by atoms with Crippen LogP contribution in [0.4, 0.5) is 8.78 Å². The molecule has 0 aliphatic heterocycles. The average Bonchev–Trinajstić information content (AvgIpc) is 2.38. The Morgan fingerprint density at radius 3 is 2.25 bits per heavy atom. The maximum absolute atomic E-state index is 13.4. The van der Waals surface area contributed by atoms with Gasteiger partial charge in [-0.2, -0.15) is 0 Å². The highest BCUT2D eigenvalue weighted by Gasteiger charge is 2.17. The molecule has 6 heteroatoms. The number of hydrogen-bond donors (Lipinski definition) is 2. The lowest BCUT2D eigenvalue weighted by Gasteiger charge is -2.06. The number of hydrogen-bond acceptors (Lipinski definition) is 3. The van der Waals surface area contributed by atoms with Crippen LogP contribution in [0.2, 0.25) is 0 Å². The van der Waals surface area contributed by atoms with Crippen LogP contribution < -0.4 is 5.32 Å². The number of carbonyl (C=O) groups excluding carboxylic acids is 2. The van der Waals surface area contributed by atoms with Crippen LogP contribution in [0, 0.1) is 11.6 Å². The van der Waals surface area contributed by atoms with Gasteiger partial charge in [-0.05, 0) is 24.3 Å². The summed E-state index contributed by atoms with van der Waals surface area (Å²) in [6.45, 7) is 0. The summed E-state index contributed by atoms with van der Waals surface area (Å²) in [4.78, 5) is 23.4. The van der Waals surface area contributed by atoms with E-state index in [-0.39, 0.29) is 11.3 Å². The Bertz CT molecular complexity index is 686.